The monoisotopic (exact) mass is 312 g/mol. The van der Waals surface area contributed by atoms with Gasteiger partial charge in [0.15, 0.2) is 0 Å². The molecule has 0 N–H and O–H groups in total. The van der Waals surface area contributed by atoms with Crippen LogP contribution in [0.25, 0.3) is 0 Å². The van der Waals surface area contributed by atoms with Gasteiger partial charge in [0.05, 0.1) is 13.0 Å². The van der Waals surface area contributed by atoms with Gasteiger partial charge in [-0.3, -0.25) is 9.59 Å². The maximum atomic E-state index is 11.6. The molecule has 0 saturated carbocycles. The van der Waals surface area contributed by atoms with Crippen molar-refractivity contribution in [2.24, 2.45) is 0 Å². The Labute approximate surface area is 113 Å². The van der Waals surface area contributed by atoms with E-state index in [0.717, 1.165) is 10.0 Å². The van der Waals surface area contributed by atoms with Crippen molar-refractivity contribution in [3.8, 4) is 0 Å². The first-order valence-electron chi connectivity index (χ1n) is 5.49. The third kappa shape index (κ3) is 4.79. The van der Waals surface area contributed by atoms with Crippen LogP contribution in [0, 0.1) is 0 Å². The Morgan fingerprint density at radius 3 is 2.33 bits per heavy atom. The van der Waals surface area contributed by atoms with E-state index in [1.54, 1.807) is 19.1 Å². The van der Waals surface area contributed by atoms with Gasteiger partial charge in [-0.1, -0.05) is 28.1 Å². The lowest BCUT2D eigenvalue weighted by Crippen LogP contribution is -2.21. The van der Waals surface area contributed by atoms with Crippen molar-refractivity contribution in [1.29, 1.82) is 0 Å². The van der Waals surface area contributed by atoms with Crippen LogP contribution in [-0.4, -0.2) is 24.1 Å². The lowest BCUT2D eigenvalue weighted by atomic mass is 10.1. The van der Waals surface area contributed by atoms with Gasteiger partial charge in [-0.05, 0) is 24.6 Å². The summed E-state index contributed by atoms with van der Waals surface area (Å²) in [4.78, 5) is 33.9. The number of benzene rings is 1. The van der Waals surface area contributed by atoms with Crippen LogP contribution in [0.2, 0.25) is 0 Å². The lowest BCUT2D eigenvalue weighted by molar-refractivity contribution is -0.154. The van der Waals surface area contributed by atoms with E-state index in [1.807, 2.05) is 12.1 Å². The van der Waals surface area contributed by atoms with Gasteiger partial charge in [-0.25, -0.2) is 4.79 Å². The number of ether oxygens (including phenoxy) is 1. The van der Waals surface area contributed by atoms with Crippen LogP contribution in [0.4, 0.5) is 0 Å². The SMILES string of the molecule is CCOC(=O)C(=O)CC(=O)Cc1ccc(Br)cc1. The van der Waals surface area contributed by atoms with Crippen LogP contribution in [0.15, 0.2) is 28.7 Å². The standard InChI is InChI=1S/C13H13BrO4/c1-2-18-13(17)12(16)8-11(15)7-9-3-5-10(14)6-4-9/h3-6H,2,7-8H2,1H3. The largest absolute Gasteiger partial charge is 0.460 e. The van der Waals surface area contributed by atoms with Crippen LogP contribution >= 0.6 is 15.9 Å². The molecule has 0 spiro atoms. The minimum Gasteiger partial charge on any atom is -0.460 e. The second-order valence-electron chi connectivity index (χ2n) is 3.66. The number of halogens is 1. The fourth-order valence-corrected chi connectivity index (χ4v) is 1.62. The molecule has 0 aliphatic rings. The molecule has 0 aliphatic carbocycles. The van der Waals surface area contributed by atoms with Crippen LogP contribution in [0.3, 0.4) is 0 Å². The Morgan fingerprint density at radius 1 is 1.17 bits per heavy atom. The molecule has 0 fully saturated rings. The molecule has 1 aromatic rings. The highest BCUT2D eigenvalue weighted by molar-refractivity contribution is 9.10. The quantitative estimate of drug-likeness (QED) is 0.458. The summed E-state index contributed by atoms with van der Waals surface area (Å²) in [7, 11) is 0. The Balaban J connectivity index is 2.49. The summed E-state index contributed by atoms with van der Waals surface area (Å²) >= 11 is 3.29. The summed E-state index contributed by atoms with van der Waals surface area (Å²) in [6.45, 7) is 1.74. The Bertz CT molecular complexity index is 451. The molecule has 1 rings (SSSR count). The fraction of sp³-hybridized carbons (Fsp3) is 0.308. The lowest BCUT2D eigenvalue weighted by Gasteiger charge is -2.02. The average Bonchev–Trinajstić information content (AvgIpc) is 2.32. The molecule has 0 bridgehead atoms. The van der Waals surface area contributed by atoms with Crippen LogP contribution in [0.5, 0.6) is 0 Å². The fourth-order valence-electron chi connectivity index (χ4n) is 1.36. The topological polar surface area (TPSA) is 60.4 Å². The molecule has 4 nitrogen and oxygen atoms in total. The highest BCUT2D eigenvalue weighted by Crippen LogP contribution is 2.11. The molecule has 5 heteroatoms. The number of Topliss-reactive ketones (excluding diaryl/α,β-unsaturated/α-hetero) is 2. The number of carbonyl (C=O) groups excluding carboxylic acids is 3. The van der Waals surface area contributed by atoms with E-state index in [-0.39, 0.29) is 18.8 Å². The zero-order chi connectivity index (χ0) is 13.5. The normalized spacial score (nSPS) is 9.89. The zero-order valence-electron chi connectivity index (χ0n) is 9.94. The van der Waals surface area contributed by atoms with Crippen LogP contribution in [-0.2, 0) is 25.5 Å². The van der Waals surface area contributed by atoms with E-state index < -0.39 is 18.2 Å². The molecule has 0 amide bonds. The summed E-state index contributed by atoms with van der Waals surface area (Å²) in [6.07, 6.45) is -0.271. The molecule has 0 saturated heterocycles. The number of hydrogen-bond acceptors (Lipinski definition) is 4. The Kier molecular flexibility index (Phi) is 5.71. The van der Waals surface area contributed by atoms with Gasteiger partial charge in [0, 0.05) is 10.9 Å². The summed E-state index contributed by atoms with van der Waals surface area (Å²) in [5.74, 6) is -2.03. The summed E-state index contributed by atoms with van der Waals surface area (Å²) in [5.41, 5.74) is 0.805. The van der Waals surface area contributed by atoms with Crippen molar-refractivity contribution in [3.63, 3.8) is 0 Å². The van der Waals surface area contributed by atoms with Crippen molar-refractivity contribution >= 4 is 33.5 Å². The van der Waals surface area contributed by atoms with E-state index in [1.165, 1.54) is 0 Å². The van der Waals surface area contributed by atoms with Gasteiger partial charge >= 0.3 is 5.97 Å². The van der Waals surface area contributed by atoms with Gasteiger partial charge in [0.25, 0.3) is 0 Å². The Hall–Kier alpha value is -1.49. The Morgan fingerprint density at radius 2 is 1.78 bits per heavy atom. The van der Waals surface area contributed by atoms with E-state index in [4.69, 9.17) is 0 Å². The first kappa shape index (κ1) is 14.6. The highest BCUT2D eigenvalue weighted by Gasteiger charge is 2.18. The van der Waals surface area contributed by atoms with E-state index in [9.17, 15) is 14.4 Å². The van der Waals surface area contributed by atoms with Crippen LogP contribution < -0.4 is 0 Å². The van der Waals surface area contributed by atoms with Crippen molar-refractivity contribution in [1.82, 2.24) is 0 Å². The molecule has 18 heavy (non-hydrogen) atoms. The molecule has 0 atom stereocenters. The number of rotatable bonds is 6. The van der Waals surface area contributed by atoms with E-state index in [2.05, 4.69) is 20.7 Å². The molecular formula is C13H13BrO4. The number of esters is 1. The van der Waals surface area contributed by atoms with Gasteiger partial charge in [-0.15, -0.1) is 0 Å². The minimum absolute atomic E-state index is 0.130. The molecule has 0 unspecified atom stereocenters. The summed E-state index contributed by atoms with van der Waals surface area (Å²) < 4.78 is 5.44. The smallest absolute Gasteiger partial charge is 0.375 e. The zero-order valence-corrected chi connectivity index (χ0v) is 11.5. The molecule has 1 aromatic carbocycles. The molecule has 0 radical (unpaired) electrons. The molecule has 96 valence electrons. The van der Waals surface area contributed by atoms with Crippen LogP contribution in [0.1, 0.15) is 18.9 Å². The van der Waals surface area contributed by atoms with Crippen molar-refractivity contribution in [2.45, 2.75) is 19.8 Å². The van der Waals surface area contributed by atoms with Crippen molar-refractivity contribution in [2.75, 3.05) is 6.61 Å². The second kappa shape index (κ2) is 7.06. The number of ketones is 2. The van der Waals surface area contributed by atoms with Gasteiger partial charge in [0.1, 0.15) is 5.78 Å². The maximum Gasteiger partial charge on any atom is 0.375 e. The molecule has 0 aliphatic heterocycles. The van der Waals surface area contributed by atoms with Gasteiger partial charge < -0.3 is 4.74 Å². The van der Waals surface area contributed by atoms with E-state index in [0.29, 0.717) is 0 Å². The first-order chi connectivity index (χ1) is 8.52. The third-order valence-corrected chi connectivity index (χ3v) is 2.70. The van der Waals surface area contributed by atoms with Gasteiger partial charge in [-0.2, -0.15) is 0 Å². The van der Waals surface area contributed by atoms with Crippen molar-refractivity contribution in [3.05, 3.63) is 34.3 Å². The predicted octanol–water partition coefficient (Wildman–Crippen LogP) is 2.08. The average molecular weight is 313 g/mol. The number of carbonyl (C=O) groups is 3. The van der Waals surface area contributed by atoms with E-state index >= 15 is 0 Å². The van der Waals surface area contributed by atoms with Crippen molar-refractivity contribution < 1.29 is 19.1 Å². The summed E-state index contributed by atoms with van der Waals surface area (Å²) in [5, 5.41) is 0. The minimum atomic E-state index is -0.943. The third-order valence-electron chi connectivity index (χ3n) is 2.18. The molecule has 0 heterocycles. The first-order valence-corrected chi connectivity index (χ1v) is 6.28. The predicted molar refractivity (Wildman–Crippen MR) is 69.1 cm³/mol. The summed E-state index contributed by atoms with van der Waals surface area (Å²) in [6, 6.07) is 7.21. The maximum absolute atomic E-state index is 11.6. The highest BCUT2D eigenvalue weighted by atomic mass is 79.9. The molecule has 0 aromatic heterocycles. The molecular weight excluding hydrogens is 300 g/mol. The van der Waals surface area contributed by atoms with Gasteiger partial charge in [0.2, 0.25) is 5.78 Å². The number of hydrogen-bond donors (Lipinski definition) is 0. The second-order valence-corrected chi connectivity index (χ2v) is 4.58.